The van der Waals surface area contributed by atoms with E-state index < -0.39 is 0 Å². The van der Waals surface area contributed by atoms with E-state index in [0.29, 0.717) is 16.8 Å². The van der Waals surface area contributed by atoms with Gasteiger partial charge in [-0.25, -0.2) is 5.43 Å². The fourth-order valence-electron chi connectivity index (χ4n) is 1.46. The fourth-order valence-corrected chi connectivity index (χ4v) is 1.46. The quantitative estimate of drug-likeness (QED) is 0.270. The van der Waals surface area contributed by atoms with Gasteiger partial charge in [-0.2, -0.15) is 5.10 Å². The topological polar surface area (TPSA) is 59.9 Å². The van der Waals surface area contributed by atoms with Crippen molar-refractivity contribution in [1.29, 1.82) is 0 Å². The van der Waals surface area contributed by atoms with Crippen molar-refractivity contribution < 1.29 is 31.2 Å². The van der Waals surface area contributed by atoms with Crippen LogP contribution in [0, 0.1) is 0 Å². The number of nitrogens with one attached hydrogen (secondary N) is 1. The molecule has 0 aromatic heterocycles. The number of carbonyl (C=O) groups is 1. The van der Waals surface area contributed by atoms with Crippen molar-refractivity contribution in [3.05, 3.63) is 29.8 Å². The van der Waals surface area contributed by atoms with Gasteiger partial charge < -0.3 is 26.4 Å². The Bertz CT molecular complexity index is 473. The highest BCUT2D eigenvalue weighted by molar-refractivity contribution is 5.83. The smallest absolute Gasteiger partial charge is 0.295 e. The van der Waals surface area contributed by atoms with E-state index in [1.54, 1.807) is 13.3 Å². The molecule has 0 aliphatic heterocycles. The lowest BCUT2D eigenvalue weighted by Crippen LogP contribution is -3.00. The van der Waals surface area contributed by atoms with Gasteiger partial charge in [0.05, 0.1) is 27.4 Å². The molecule has 0 aliphatic rings. The number of ether oxygens (including phenoxy) is 2. The number of halogens is 1. The van der Waals surface area contributed by atoms with Crippen LogP contribution in [0.2, 0.25) is 0 Å². The van der Waals surface area contributed by atoms with E-state index in [0.717, 1.165) is 5.56 Å². The van der Waals surface area contributed by atoms with Crippen LogP contribution < -0.4 is 22.6 Å². The van der Waals surface area contributed by atoms with Crippen LogP contribution in [-0.2, 0) is 9.53 Å². The van der Waals surface area contributed by atoms with Crippen LogP contribution in [0.1, 0.15) is 5.56 Å². The number of carbonyl (C=O) groups excluding carboxylic acids is 1. The minimum atomic E-state index is -0.125. The second-order valence-corrected chi connectivity index (χ2v) is 5.36. The molecule has 1 aromatic carbocycles. The molecular formula is C14H22ClN3O3. The molecule has 1 amide bonds. The standard InChI is InChI=1S/C14H21N3O3.ClH/c1-17(2,3)10-14(18)16-15-9-12-6-5-7-13(8-12)20-11-19-4;/h5-9H,10-11H2,1-4H3;1H/b15-9+;. The van der Waals surface area contributed by atoms with E-state index in [2.05, 4.69) is 10.5 Å². The van der Waals surface area contributed by atoms with E-state index in [1.165, 1.54) is 0 Å². The third kappa shape index (κ3) is 9.01. The van der Waals surface area contributed by atoms with Crippen LogP contribution in [0.3, 0.4) is 0 Å². The number of methoxy groups -OCH3 is 1. The van der Waals surface area contributed by atoms with Crippen LogP contribution in [0.15, 0.2) is 29.4 Å². The first-order valence-corrected chi connectivity index (χ1v) is 6.25. The van der Waals surface area contributed by atoms with E-state index in [1.807, 2.05) is 45.4 Å². The zero-order chi connectivity index (χ0) is 15.0. The summed E-state index contributed by atoms with van der Waals surface area (Å²) < 4.78 is 10.7. The van der Waals surface area contributed by atoms with Crippen LogP contribution in [0.5, 0.6) is 5.75 Å². The molecule has 0 heterocycles. The lowest BCUT2D eigenvalue weighted by atomic mass is 10.2. The van der Waals surface area contributed by atoms with Gasteiger partial charge >= 0.3 is 0 Å². The number of hydrogen-bond acceptors (Lipinski definition) is 4. The highest BCUT2D eigenvalue weighted by Gasteiger charge is 2.12. The third-order valence-electron chi connectivity index (χ3n) is 2.22. The molecule has 0 saturated carbocycles. The summed E-state index contributed by atoms with van der Waals surface area (Å²) in [7, 11) is 7.40. The van der Waals surface area contributed by atoms with Crippen LogP contribution in [0.25, 0.3) is 0 Å². The predicted octanol–water partition coefficient (Wildman–Crippen LogP) is -2.17. The monoisotopic (exact) mass is 315 g/mol. The van der Waals surface area contributed by atoms with Gasteiger partial charge in [-0.05, 0) is 17.7 Å². The highest BCUT2D eigenvalue weighted by Crippen LogP contribution is 2.11. The van der Waals surface area contributed by atoms with E-state index >= 15 is 0 Å². The Labute approximate surface area is 131 Å². The summed E-state index contributed by atoms with van der Waals surface area (Å²) in [6, 6.07) is 7.36. The molecule has 0 atom stereocenters. The van der Waals surface area contributed by atoms with Gasteiger partial charge in [0.25, 0.3) is 5.91 Å². The van der Waals surface area contributed by atoms with Gasteiger partial charge in [-0.15, -0.1) is 0 Å². The second kappa shape index (κ2) is 9.33. The molecule has 1 aromatic rings. The molecular weight excluding hydrogens is 294 g/mol. The Morgan fingerprint density at radius 2 is 2.10 bits per heavy atom. The minimum absolute atomic E-state index is 0. The molecule has 118 valence electrons. The molecule has 0 spiro atoms. The Hall–Kier alpha value is -1.63. The lowest BCUT2D eigenvalue weighted by Gasteiger charge is -2.21. The average molecular weight is 316 g/mol. The molecule has 1 N–H and O–H groups in total. The number of quaternary nitrogens is 1. The van der Waals surface area contributed by atoms with E-state index in [9.17, 15) is 4.79 Å². The van der Waals surface area contributed by atoms with Gasteiger partial charge in [0, 0.05) is 7.11 Å². The molecule has 7 heteroatoms. The summed E-state index contributed by atoms with van der Waals surface area (Å²) in [5.41, 5.74) is 3.34. The molecule has 0 fully saturated rings. The average Bonchev–Trinajstić information content (AvgIpc) is 2.34. The highest BCUT2D eigenvalue weighted by atomic mass is 35.5. The normalized spacial score (nSPS) is 11.0. The fraction of sp³-hybridized carbons (Fsp3) is 0.429. The SMILES string of the molecule is COCOc1cccc(/C=N/NC(=O)C[N+](C)(C)C)c1.[Cl-]. The van der Waals surface area contributed by atoms with Gasteiger partial charge in [-0.1, -0.05) is 12.1 Å². The molecule has 0 bridgehead atoms. The first kappa shape index (κ1) is 19.4. The Kier molecular flexibility index (Phi) is 8.61. The molecule has 0 aliphatic carbocycles. The maximum Gasteiger partial charge on any atom is 0.295 e. The zero-order valence-electron chi connectivity index (χ0n) is 12.8. The van der Waals surface area contributed by atoms with Crippen molar-refractivity contribution in [3.63, 3.8) is 0 Å². The van der Waals surface area contributed by atoms with Crippen molar-refractivity contribution in [1.82, 2.24) is 5.43 Å². The summed E-state index contributed by atoms with van der Waals surface area (Å²) in [6.07, 6.45) is 1.58. The zero-order valence-corrected chi connectivity index (χ0v) is 13.6. The van der Waals surface area contributed by atoms with Crippen LogP contribution >= 0.6 is 0 Å². The summed E-state index contributed by atoms with van der Waals surface area (Å²) >= 11 is 0. The minimum Gasteiger partial charge on any atom is -1.00 e. The summed E-state index contributed by atoms with van der Waals surface area (Å²) in [4.78, 5) is 11.6. The van der Waals surface area contributed by atoms with Crippen molar-refractivity contribution in [2.45, 2.75) is 0 Å². The molecule has 0 saturated heterocycles. The van der Waals surface area contributed by atoms with E-state index in [-0.39, 0.29) is 25.1 Å². The molecule has 0 radical (unpaired) electrons. The van der Waals surface area contributed by atoms with Crippen molar-refractivity contribution >= 4 is 12.1 Å². The maximum atomic E-state index is 11.6. The number of amides is 1. The largest absolute Gasteiger partial charge is 1.00 e. The van der Waals surface area contributed by atoms with Gasteiger partial charge in [0.1, 0.15) is 5.75 Å². The molecule has 6 nitrogen and oxygen atoms in total. The number of likely N-dealkylation sites (N-methyl/N-ethyl adjacent to an activating group) is 1. The molecule has 0 unspecified atom stereocenters. The number of nitrogens with zero attached hydrogens (tertiary/aromatic N) is 2. The number of hydrogen-bond donors (Lipinski definition) is 1. The number of hydrazone groups is 1. The number of rotatable bonds is 7. The van der Waals surface area contributed by atoms with Crippen molar-refractivity contribution in [3.8, 4) is 5.75 Å². The predicted molar refractivity (Wildman–Crippen MR) is 77.6 cm³/mol. The Morgan fingerprint density at radius 1 is 1.38 bits per heavy atom. The maximum absolute atomic E-state index is 11.6. The van der Waals surface area contributed by atoms with Crippen molar-refractivity contribution in [2.75, 3.05) is 41.6 Å². The Morgan fingerprint density at radius 3 is 2.71 bits per heavy atom. The lowest BCUT2D eigenvalue weighted by molar-refractivity contribution is -0.862. The van der Waals surface area contributed by atoms with Crippen LogP contribution in [0.4, 0.5) is 0 Å². The number of benzene rings is 1. The summed E-state index contributed by atoms with van der Waals surface area (Å²) in [5, 5.41) is 3.93. The van der Waals surface area contributed by atoms with Gasteiger partial charge in [0.2, 0.25) is 0 Å². The third-order valence-corrected chi connectivity index (χ3v) is 2.22. The molecule has 1 rings (SSSR count). The van der Waals surface area contributed by atoms with Gasteiger partial charge in [0.15, 0.2) is 13.3 Å². The summed E-state index contributed by atoms with van der Waals surface area (Å²) in [6.45, 7) is 0.565. The first-order chi connectivity index (χ1) is 9.40. The Balaban J connectivity index is 0.00000400. The van der Waals surface area contributed by atoms with Crippen molar-refractivity contribution in [2.24, 2.45) is 5.10 Å². The van der Waals surface area contributed by atoms with E-state index in [4.69, 9.17) is 9.47 Å². The first-order valence-electron chi connectivity index (χ1n) is 6.25. The second-order valence-electron chi connectivity index (χ2n) is 5.36. The van der Waals surface area contributed by atoms with Gasteiger partial charge in [-0.3, -0.25) is 4.79 Å². The molecule has 21 heavy (non-hydrogen) atoms. The van der Waals surface area contributed by atoms with Crippen LogP contribution in [-0.4, -0.2) is 58.2 Å². The summed E-state index contributed by atoms with van der Waals surface area (Å²) in [5.74, 6) is 0.564.